The smallest absolute Gasteiger partial charge is 0.338 e. The van der Waals surface area contributed by atoms with E-state index in [1.54, 1.807) is 30.3 Å². The summed E-state index contributed by atoms with van der Waals surface area (Å²) in [5.41, 5.74) is 2.06. The van der Waals surface area contributed by atoms with Gasteiger partial charge in [-0.2, -0.15) is 0 Å². The molecule has 2 aromatic carbocycles. The Bertz CT molecular complexity index is 691. The number of benzene rings is 2. The van der Waals surface area contributed by atoms with E-state index in [9.17, 15) is 9.59 Å². The first kappa shape index (κ1) is 17.5. The number of amides is 1. The highest BCUT2D eigenvalue weighted by atomic mass is 16.5. The van der Waals surface area contributed by atoms with Crippen LogP contribution < -0.4 is 5.32 Å². The number of carbonyl (C=O) groups is 2. The quantitative estimate of drug-likeness (QED) is 0.470. The van der Waals surface area contributed by atoms with Gasteiger partial charge in [-0.1, -0.05) is 43.7 Å². The van der Waals surface area contributed by atoms with E-state index in [0.29, 0.717) is 17.9 Å². The first-order valence-corrected chi connectivity index (χ1v) is 8.00. The second kappa shape index (κ2) is 9.30. The number of hydrogen-bond acceptors (Lipinski definition) is 3. The van der Waals surface area contributed by atoms with Crippen molar-refractivity contribution in [2.75, 3.05) is 11.9 Å². The molecule has 0 radical (unpaired) electrons. The van der Waals surface area contributed by atoms with Crippen molar-refractivity contribution in [1.29, 1.82) is 0 Å². The Hall–Kier alpha value is -2.88. The van der Waals surface area contributed by atoms with Crippen molar-refractivity contribution in [3.05, 3.63) is 71.8 Å². The van der Waals surface area contributed by atoms with Gasteiger partial charge in [-0.05, 0) is 42.3 Å². The van der Waals surface area contributed by atoms with E-state index in [1.165, 1.54) is 6.08 Å². The summed E-state index contributed by atoms with van der Waals surface area (Å²) >= 11 is 0. The highest BCUT2D eigenvalue weighted by Gasteiger charge is 2.07. The molecule has 4 nitrogen and oxygen atoms in total. The van der Waals surface area contributed by atoms with E-state index in [0.717, 1.165) is 18.4 Å². The summed E-state index contributed by atoms with van der Waals surface area (Å²) in [5, 5.41) is 2.75. The maximum absolute atomic E-state index is 11.9. The van der Waals surface area contributed by atoms with Crippen LogP contribution in [0.15, 0.2) is 60.7 Å². The number of nitrogens with one attached hydrogen (secondary N) is 1. The van der Waals surface area contributed by atoms with E-state index < -0.39 is 0 Å². The van der Waals surface area contributed by atoms with Gasteiger partial charge in [-0.25, -0.2) is 4.79 Å². The largest absolute Gasteiger partial charge is 0.462 e. The zero-order valence-electron chi connectivity index (χ0n) is 13.7. The minimum absolute atomic E-state index is 0.225. The number of ether oxygens (including phenoxy) is 1. The number of carbonyl (C=O) groups excluding carboxylic acids is 2. The minimum Gasteiger partial charge on any atom is -0.462 e. The molecule has 0 aliphatic carbocycles. The van der Waals surface area contributed by atoms with E-state index in [1.807, 2.05) is 37.3 Å². The van der Waals surface area contributed by atoms with Gasteiger partial charge in [0, 0.05) is 11.8 Å². The third kappa shape index (κ3) is 5.72. The molecule has 0 aliphatic rings. The maximum Gasteiger partial charge on any atom is 0.338 e. The van der Waals surface area contributed by atoms with Crippen LogP contribution in [0.4, 0.5) is 5.69 Å². The van der Waals surface area contributed by atoms with Gasteiger partial charge in [0.2, 0.25) is 5.91 Å². The second-order valence-electron chi connectivity index (χ2n) is 5.30. The van der Waals surface area contributed by atoms with Crippen LogP contribution in [0.3, 0.4) is 0 Å². The van der Waals surface area contributed by atoms with Gasteiger partial charge in [0.1, 0.15) is 0 Å². The van der Waals surface area contributed by atoms with Gasteiger partial charge in [-0.3, -0.25) is 4.79 Å². The van der Waals surface area contributed by atoms with Crippen LogP contribution in [0, 0.1) is 0 Å². The van der Waals surface area contributed by atoms with Gasteiger partial charge in [0.05, 0.1) is 12.2 Å². The highest BCUT2D eigenvalue weighted by molar-refractivity contribution is 6.02. The molecule has 0 atom stereocenters. The summed E-state index contributed by atoms with van der Waals surface area (Å²) in [6, 6.07) is 16.2. The van der Waals surface area contributed by atoms with Crippen molar-refractivity contribution in [2.24, 2.45) is 0 Å². The third-order valence-corrected chi connectivity index (χ3v) is 3.35. The summed E-state index contributed by atoms with van der Waals surface area (Å²) in [6.07, 6.45) is 5.05. The van der Waals surface area contributed by atoms with Crippen LogP contribution in [0.1, 0.15) is 35.7 Å². The van der Waals surface area contributed by atoms with E-state index in [2.05, 4.69) is 5.32 Å². The standard InChI is InChI=1S/C20H21NO3/c1-2-3-15-24-20(23)17-10-12-18(13-11-17)21-19(22)14-9-16-7-5-4-6-8-16/h4-14H,2-3,15H2,1H3,(H,21,22)/b14-9+. The molecule has 0 fully saturated rings. The molecule has 0 saturated heterocycles. The molecule has 2 aromatic rings. The molecule has 24 heavy (non-hydrogen) atoms. The van der Waals surface area contributed by atoms with Crippen molar-refractivity contribution in [1.82, 2.24) is 0 Å². The summed E-state index contributed by atoms with van der Waals surface area (Å²) in [4.78, 5) is 23.7. The van der Waals surface area contributed by atoms with E-state index in [-0.39, 0.29) is 11.9 Å². The van der Waals surface area contributed by atoms with Gasteiger partial charge in [0.25, 0.3) is 0 Å². The number of hydrogen-bond donors (Lipinski definition) is 1. The zero-order chi connectivity index (χ0) is 17.2. The lowest BCUT2D eigenvalue weighted by Gasteiger charge is -2.05. The number of anilines is 1. The monoisotopic (exact) mass is 323 g/mol. The lowest BCUT2D eigenvalue weighted by atomic mass is 10.2. The van der Waals surface area contributed by atoms with Crippen molar-refractivity contribution in [3.63, 3.8) is 0 Å². The first-order chi connectivity index (χ1) is 11.7. The fourth-order valence-corrected chi connectivity index (χ4v) is 2.00. The Morgan fingerprint density at radius 3 is 2.42 bits per heavy atom. The summed E-state index contributed by atoms with van der Waals surface area (Å²) < 4.78 is 5.14. The molecule has 0 heterocycles. The lowest BCUT2D eigenvalue weighted by molar-refractivity contribution is -0.111. The van der Waals surface area contributed by atoms with Crippen LogP contribution in [-0.2, 0) is 9.53 Å². The van der Waals surface area contributed by atoms with Gasteiger partial charge >= 0.3 is 5.97 Å². The van der Waals surface area contributed by atoms with E-state index in [4.69, 9.17) is 4.74 Å². The fraction of sp³-hybridized carbons (Fsp3) is 0.200. The molecule has 0 aliphatic heterocycles. The van der Waals surface area contributed by atoms with Crippen molar-refractivity contribution >= 4 is 23.6 Å². The van der Waals surface area contributed by atoms with Crippen LogP contribution >= 0.6 is 0 Å². The SMILES string of the molecule is CCCCOC(=O)c1ccc(NC(=O)/C=C/c2ccccc2)cc1. The number of unbranched alkanes of at least 4 members (excludes halogenated alkanes) is 1. The molecule has 4 heteroatoms. The average molecular weight is 323 g/mol. The molecule has 124 valence electrons. The minimum atomic E-state index is -0.342. The molecule has 0 bridgehead atoms. The molecule has 2 rings (SSSR count). The topological polar surface area (TPSA) is 55.4 Å². The van der Waals surface area contributed by atoms with Gasteiger partial charge in [-0.15, -0.1) is 0 Å². The van der Waals surface area contributed by atoms with Crippen molar-refractivity contribution in [2.45, 2.75) is 19.8 Å². The predicted octanol–water partition coefficient (Wildman–Crippen LogP) is 4.30. The predicted molar refractivity (Wildman–Crippen MR) is 95.7 cm³/mol. The number of rotatable bonds is 7. The summed E-state index contributed by atoms with van der Waals surface area (Å²) in [7, 11) is 0. The zero-order valence-corrected chi connectivity index (χ0v) is 13.7. The third-order valence-electron chi connectivity index (χ3n) is 3.35. The van der Waals surface area contributed by atoms with Crippen LogP contribution in [-0.4, -0.2) is 18.5 Å². The van der Waals surface area contributed by atoms with E-state index >= 15 is 0 Å². The van der Waals surface area contributed by atoms with Crippen LogP contribution in [0.2, 0.25) is 0 Å². The van der Waals surface area contributed by atoms with Crippen molar-refractivity contribution < 1.29 is 14.3 Å². The summed E-state index contributed by atoms with van der Waals surface area (Å²) in [6.45, 7) is 2.47. The van der Waals surface area contributed by atoms with Crippen LogP contribution in [0.25, 0.3) is 6.08 Å². The van der Waals surface area contributed by atoms with Crippen molar-refractivity contribution in [3.8, 4) is 0 Å². The maximum atomic E-state index is 11.9. The Morgan fingerprint density at radius 2 is 1.75 bits per heavy atom. The molecular formula is C20H21NO3. The second-order valence-corrected chi connectivity index (χ2v) is 5.30. The van der Waals surface area contributed by atoms with Gasteiger partial charge in [0.15, 0.2) is 0 Å². The lowest BCUT2D eigenvalue weighted by Crippen LogP contribution is -2.09. The Labute approximate surface area is 142 Å². The Morgan fingerprint density at radius 1 is 1.04 bits per heavy atom. The molecule has 1 N–H and O–H groups in total. The highest BCUT2D eigenvalue weighted by Crippen LogP contribution is 2.11. The summed E-state index contributed by atoms with van der Waals surface area (Å²) in [5.74, 6) is -0.567. The normalized spacial score (nSPS) is 10.5. The number of esters is 1. The Balaban J connectivity index is 1.88. The van der Waals surface area contributed by atoms with Crippen LogP contribution in [0.5, 0.6) is 0 Å². The molecule has 0 aromatic heterocycles. The molecule has 0 spiro atoms. The molecule has 0 saturated carbocycles. The van der Waals surface area contributed by atoms with Gasteiger partial charge < -0.3 is 10.1 Å². The Kier molecular flexibility index (Phi) is 6.77. The molecule has 1 amide bonds. The first-order valence-electron chi connectivity index (χ1n) is 8.00. The molecular weight excluding hydrogens is 302 g/mol. The fourth-order valence-electron chi connectivity index (χ4n) is 2.00. The average Bonchev–Trinajstić information content (AvgIpc) is 2.61. The molecule has 0 unspecified atom stereocenters.